The minimum absolute atomic E-state index is 0.0484. The highest BCUT2D eigenvalue weighted by molar-refractivity contribution is 5.96. The first kappa shape index (κ1) is 23.4. The molecule has 0 radical (unpaired) electrons. The van der Waals surface area contributed by atoms with Gasteiger partial charge in [-0.25, -0.2) is 4.39 Å². The Balaban J connectivity index is 1.55. The first-order valence-corrected chi connectivity index (χ1v) is 11.2. The number of carbonyl (C=O) groups is 2. The number of hydrogen-bond acceptors (Lipinski definition) is 5. The molecule has 0 unspecified atom stereocenters. The molecule has 1 aromatic heterocycles. The molecule has 1 aliphatic rings. The van der Waals surface area contributed by atoms with Gasteiger partial charge in [0.1, 0.15) is 23.9 Å². The van der Waals surface area contributed by atoms with E-state index in [9.17, 15) is 14.0 Å². The maximum Gasteiger partial charge on any atom is 0.257 e. The smallest absolute Gasteiger partial charge is 0.257 e. The summed E-state index contributed by atoms with van der Waals surface area (Å²) in [5.74, 6) is 1.27. The van der Waals surface area contributed by atoms with Gasteiger partial charge in [0.15, 0.2) is 11.5 Å². The molecule has 0 spiro atoms. The number of ether oxygens (including phenoxy) is 2. The van der Waals surface area contributed by atoms with E-state index in [1.807, 2.05) is 44.2 Å². The number of rotatable bonds is 9. The predicted molar refractivity (Wildman–Crippen MR) is 123 cm³/mol. The highest BCUT2D eigenvalue weighted by atomic mass is 19.1. The van der Waals surface area contributed by atoms with Gasteiger partial charge in [0, 0.05) is 13.1 Å². The number of furan rings is 1. The average Bonchev–Trinajstić information content (AvgIpc) is 3.46. The van der Waals surface area contributed by atoms with E-state index >= 15 is 0 Å². The lowest BCUT2D eigenvalue weighted by Crippen LogP contribution is -2.43. The summed E-state index contributed by atoms with van der Waals surface area (Å²) in [5, 5.41) is 0. The summed E-state index contributed by atoms with van der Waals surface area (Å²) >= 11 is 0. The van der Waals surface area contributed by atoms with E-state index in [-0.39, 0.29) is 37.9 Å². The molecule has 4 rings (SSSR count). The van der Waals surface area contributed by atoms with Gasteiger partial charge in [-0.2, -0.15) is 0 Å². The van der Waals surface area contributed by atoms with Crippen LogP contribution in [0.15, 0.2) is 59.0 Å². The lowest BCUT2D eigenvalue weighted by atomic mass is 10.1. The lowest BCUT2D eigenvalue weighted by Gasteiger charge is -2.27. The maximum absolute atomic E-state index is 14.2. The van der Waals surface area contributed by atoms with E-state index in [1.165, 1.54) is 23.1 Å². The van der Waals surface area contributed by atoms with Gasteiger partial charge in [-0.1, -0.05) is 25.1 Å². The van der Waals surface area contributed by atoms with Crippen molar-refractivity contribution in [3.63, 3.8) is 0 Å². The van der Waals surface area contributed by atoms with Gasteiger partial charge in [-0.05, 0) is 55.3 Å². The Morgan fingerprint density at radius 1 is 0.971 bits per heavy atom. The molecule has 34 heavy (non-hydrogen) atoms. The van der Waals surface area contributed by atoms with Crippen LogP contribution in [-0.4, -0.2) is 41.5 Å². The van der Waals surface area contributed by atoms with E-state index in [1.54, 1.807) is 11.0 Å². The molecule has 7 nitrogen and oxygen atoms in total. The van der Waals surface area contributed by atoms with E-state index < -0.39 is 11.7 Å². The van der Waals surface area contributed by atoms with Crippen molar-refractivity contribution < 1.29 is 27.9 Å². The molecule has 2 aromatic carbocycles. The van der Waals surface area contributed by atoms with E-state index in [2.05, 4.69) is 0 Å². The average molecular weight is 467 g/mol. The number of fused-ring (bicyclic) bond motifs is 1. The Morgan fingerprint density at radius 3 is 2.50 bits per heavy atom. The van der Waals surface area contributed by atoms with E-state index in [4.69, 9.17) is 13.9 Å². The topological polar surface area (TPSA) is 72.2 Å². The normalized spacial score (nSPS) is 12.0. The van der Waals surface area contributed by atoms with Crippen molar-refractivity contribution in [1.82, 2.24) is 9.80 Å². The fourth-order valence-electron chi connectivity index (χ4n) is 3.84. The molecule has 2 amide bonds. The fourth-order valence-corrected chi connectivity index (χ4v) is 3.84. The van der Waals surface area contributed by atoms with Crippen molar-refractivity contribution in [2.24, 2.45) is 0 Å². The third kappa shape index (κ3) is 5.39. The summed E-state index contributed by atoms with van der Waals surface area (Å²) in [6, 6.07) is 15.0. The molecule has 0 aliphatic carbocycles. The van der Waals surface area contributed by atoms with Crippen LogP contribution >= 0.6 is 0 Å². The van der Waals surface area contributed by atoms with Crippen LogP contribution < -0.4 is 9.47 Å². The molecule has 8 heteroatoms. The minimum atomic E-state index is -0.607. The largest absolute Gasteiger partial charge is 0.464 e. The second kappa shape index (κ2) is 10.4. The van der Waals surface area contributed by atoms with Crippen LogP contribution in [0.5, 0.6) is 11.5 Å². The monoisotopic (exact) mass is 466 g/mol. The van der Waals surface area contributed by atoms with Crippen molar-refractivity contribution in [3.8, 4) is 11.5 Å². The maximum atomic E-state index is 14.2. The summed E-state index contributed by atoms with van der Waals surface area (Å²) in [5.41, 5.74) is 0.802. The van der Waals surface area contributed by atoms with Crippen molar-refractivity contribution in [1.29, 1.82) is 0 Å². The van der Waals surface area contributed by atoms with Crippen LogP contribution in [0.1, 0.15) is 40.8 Å². The standard InChI is InChI=1S/C26H27FN2O5/c1-3-12-28(26(31)21-6-4-5-7-22(21)27)16-25(30)29(15-20-10-8-18(2)34-20)14-19-9-11-23-24(13-19)33-17-32-23/h4-11,13H,3,12,14-17H2,1-2H3. The Hall–Kier alpha value is -3.81. The van der Waals surface area contributed by atoms with E-state index in [0.717, 1.165) is 11.3 Å². The molecule has 0 N–H and O–H groups in total. The van der Waals surface area contributed by atoms with Crippen LogP contribution in [0.3, 0.4) is 0 Å². The second-order valence-corrected chi connectivity index (χ2v) is 8.16. The number of carbonyl (C=O) groups excluding carboxylic acids is 2. The zero-order chi connectivity index (χ0) is 24.1. The summed E-state index contributed by atoms with van der Waals surface area (Å²) in [6.45, 7) is 4.57. The molecule has 3 aromatic rings. The van der Waals surface area contributed by atoms with Crippen LogP contribution in [0.25, 0.3) is 0 Å². The van der Waals surface area contributed by atoms with Gasteiger partial charge in [0.05, 0.1) is 12.1 Å². The van der Waals surface area contributed by atoms with Gasteiger partial charge < -0.3 is 23.7 Å². The number of nitrogens with zero attached hydrogens (tertiary/aromatic N) is 2. The molecule has 1 aliphatic heterocycles. The number of benzene rings is 2. The SMILES string of the molecule is CCCN(CC(=O)N(Cc1ccc2c(c1)OCO2)Cc1ccc(C)o1)C(=O)c1ccccc1F. The van der Waals surface area contributed by atoms with Crippen LogP contribution in [0.4, 0.5) is 4.39 Å². The zero-order valence-corrected chi connectivity index (χ0v) is 19.3. The second-order valence-electron chi connectivity index (χ2n) is 8.16. The van der Waals surface area contributed by atoms with Crippen molar-refractivity contribution >= 4 is 11.8 Å². The summed E-state index contributed by atoms with van der Waals surface area (Å²) in [4.78, 5) is 29.5. The van der Waals surface area contributed by atoms with Gasteiger partial charge in [-0.15, -0.1) is 0 Å². The summed E-state index contributed by atoms with van der Waals surface area (Å²) in [7, 11) is 0. The summed E-state index contributed by atoms with van der Waals surface area (Å²) in [6.07, 6.45) is 0.632. The molecule has 2 heterocycles. The Kier molecular flexibility index (Phi) is 7.15. The third-order valence-electron chi connectivity index (χ3n) is 5.52. The lowest BCUT2D eigenvalue weighted by molar-refractivity contribution is -0.133. The van der Waals surface area contributed by atoms with Crippen LogP contribution in [0, 0.1) is 12.7 Å². The van der Waals surface area contributed by atoms with Crippen LogP contribution in [-0.2, 0) is 17.9 Å². The Bertz CT molecular complexity index is 1180. The van der Waals surface area contributed by atoms with Crippen molar-refractivity contribution in [3.05, 3.63) is 83.1 Å². The van der Waals surface area contributed by atoms with Crippen LogP contribution in [0.2, 0.25) is 0 Å². The Morgan fingerprint density at radius 2 is 1.76 bits per heavy atom. The third-order valence-corrected chi connectivity index (χ3v) is 5.52. The molecular weight excluding hydrogens is 439 g/mol. The van der Waals surface area contributed by atoms with Gasteiger partial charge in [-0.3, -0.25) is 9.59 Å². The molecule has 0 atom stereocenters. The van der Waals surface area contributed by atoms with Gasteiger partial charge in [0.25, 0.3) is 5.91 Å². The predicted octanol–water partition coefficient (Wildman–Crippen LogP) is 4.54. The van der Waals surface area contributed by atoms with Gasteiger partial charge >= 0.3 is 0 Å². The van der Waals surface area contributed by atoms with Gasteiger partial charge in [0.2, 0.25) is 12.7 Å². The summed E-state index contributed by atoms with van der Waals surface area (Å²) < 4.78 is 30.8. The van der Waals surface area contributed by atoms with E-state index in [0.29, 0.717) is 30.2 Å². The Labute approximate surface area is 197 Å². The number of halogens is 1. The number of aryl methyl sites for hydroxylation is 1. The number of hydrogen-bond donors (Lipinski definition) is 0. The quantitative estimate of drug-likeness (QED) is 0.463. The molecular formula is C26H27FN2O5. The molecule has 0 fully saturated rings. The molecule has 0 saturated heterocycles. The van der Waals surface area contributed by atoms with Crippen molar-refractivity contribution in [2.45, 2.75) is 33.4 Å². The molecule has 178 valence electrons. The van der Waals surface area contributed by atoms with Crippen molar-refractivity contribution in [2.75, 3.05) is 19.9 Å². The number of amides is 2. The highest BCUT2D eigenvalue weighted by Crippen LogP contribution is 2.33. The first-order chi connectivity index (χ1) is 16.4. The molecule has 0 saturated carbocycles. The first-order valence-electron chi connectivity index (χ1n) is 11.2. The zero-order valence-electron chi connectivity index (χ0n) is 19.3. The minimum Gasteiger partial charge on any atom is -0.464 e. The fraction of sp³-hybridized carbons (Fsp3) is 0.308. The molecule has 0 bridgehead atoms. The highest BCUT2D eigenvalue weighted by Gasteiger charge is 2.25.